The first kappa shape index (κ1) is 16.7. The van der Waals surface area contributed by atoms with Gasteiger partial charge in [0.15, 0.2) is 0 Å². The largest absolute Gasteiger partial charge is 0.419 e. The molecule has 2 heterocycles. The predicted octanol–water partition coefficient (Wildman–Crippen LogP) is 2.16. The summed E-state index contributed by atoms with van der Waals surface area (Å²) < 4.78 is 5.82. The Morgan fingerprint density at radius 3 is 2.64 bits per heavy atom. The van der Waals surface area contributed by atoms with Crippen LogP contribution in [0.2, 0.25) is 0 Å². The van der Waals surface area contributed by atoms with Crippen molar-refractivity contribution in [3.05, 3.63) is 36.2 Å². The van der Waals surface area contributed by atoms with Gasteiger partial charge in [0.25, 0.3) is 0 Å². The number of hydrogen-bond donors (Lipinski definition) is 1. The van der Waals surface area contributed by atoms with Gasteiger partial charge in [-0.15, -0.1) is 10.2 Å². The molecule has 0 radical (unpaired) electrons. The quantitative estimate of drug-likeness (QED) is 0.918. The Kier molecular flexibility index (Phi) is 5.10. The molecule has 25 heavy (non-hydrogen) atoms. The standard InChI is InChI=1S/C19H26N4O2/c24-17-12-22(10-11-23(13-17)16-8-4-5-9-16)14-18-20-21-19(25-18)15-6-2-1-3-7-15/h1-3,6-7,16-17,24H,4-5,8-14H2/t17-/m1/s1. The van der Waals surface area contributed by atoms with Crippen molar-refractivity contribution in [2.75, 3.05) is 26.2 Å². The van der Waals surface area contributed by atoms with E-state index in [-0.39, 0.29) is 6.10 Å². The molecule has 6 heteroatoms. The molecule has 0 unspecified atom stereocenters. The van der Waals surface area contributed by atoms with E-state index >= 15 is 0 Å². The highest BCUT2D eigenvalue weighted by atomic mass is 16.4. The van der Waals surface area contributed by atoms with E-state index < -0.39 is 0 Å². The molecule has 1 aromatic heterocycles. The highest BCUT2D eigenvalue weighted by molar-refractivity contribution is 5.51. The molecule has 1 N–H and O–H groups in total. The third-order valence-electron chi connectivity index (χ3n) is 5.31. The third kappa shape index (κ3) is 4.08. The van der Waals surface area contributed by atoms with Gasteiger partial charge in [-0.05, 0) is 25.0 Å². The molecule has 2 aromatic rings. The molecule has 1 saturated carbocycles. The van der Waals surface area contributed by atoms with Gasteiger partial charge in [-0.2, -0.15) is 0 Å². The summed E-state index contributed by atoms with van der Waals surface area (Å²) in [7, 11) is 0. The first-order valence-corrected chi connectivity index (χ1v) is 9.30. The molecule has 2 fully saturated rings. The average Bonchev–Trinajstić information content (AvgIpc) is 3.28. The summed E-state index contributed by atoms with van der Waals surface area (Å²) in [6, 6.07) is 10.5. The maximum absolute atomic E-state index is 10.4. The summed E-state index contributed by atoms with van der Waals surface area (Å²) in [6.07, 6.45) is 4.88. The normalized spacial score (nSPS) is 23.8. The van der Waals surface area contributed by atoms with Crippen molar-refractivity contribution in [2.45, 2.75) is 44.4 Å². The number of aromatic nitrogens is 2. The van der Waals surface area contributed by atoms with Crippen molar-refractivity contribution < 1.29 is 9.52 Å². The van der Waals surface area contributed by atoms with Crippen LogP contribution in [0.4, 0.5) is 0 Å². The van der Waals surface area contributed by atoms with Crippen LogP contribution >= 0.6 is 0 Å². The molecule has 1 aliphatic heterocycles. The van der Waals surface area contributed by atoms with Crippen molar-refractivity contribution >= 4 is 0 Å². The zero-order valence-electron chi connectivity index (χ0n) is 14.5. The fraction of sp³-hybridized carbons (Fsp3) is 0.579. The van der Waals surface area contributed by atoms with Gasteiger partial charge in [0.1, 0.15) is 0 Å². The Labute approximate surface area is 148 Å². The fourth-order valence-corrected chi connectivity index (χ4v) is 4.03. The summed E-state index contributed by atoms with van der Waals surface area (Å²) in [5.41, 5.74) is 0.935. The number of β-amino-alcohol motifs (C(OH)–C–C–N with tert-alkyl or cyclic N) is 1. The Balaban J connectivity index is 1.38. The summed E-state index contributed by atoms with van der Waals surface area (Å²) in [5.74, 6) is 1.17. The number of rotatable bonds is 4. The Bertz CT molecular complexity index is 669. The summed E-state index contributed by atoms with van der Waals surface area (Å²) in [5, 5.41) is 18.7. The number of aliphatic hydroxyl groups excluding tert-OH is 1. The molecule has 0 amide bonds. The second-order valence-corrected chi connectivity index (χ2v) is 7.19. The second-order valence-electron chi connectivity index (χ2n) is 7.19. The minimum Gasteiger partial charge on any atom is -0.419 e. The lowest BCUT2D eigenvalue weighted by Gasteiger charge is -2.27. The molecule has 134 valence electrons. The highest BCUT2D eigenvalue weighted by Crippen LogP contribution is 2.25. The van der Waals surface area contributed by atoms with Crippen LogP contribution < -0.4 is 0 Å². The van der Waals surface area contributed by atoms with E-state index in [9.17, 15) is 5.11 Å². The van der Waals surface area contributed by atoms with E-state index in [1.54, 1.807) is 0 Å². The minimum atomic E-state index is -0.320. The van der Waals surface area contributed by atoms with Gasteiger partial charge in [-0.3, -0.25) is 9.80 Å². The molecule has 1 aromatic carbocycles. The first-order valence-electron chi connectivity index (χ1n) is 9.30. The zero-order valence-corrected chi connectivity index (χ0v) is 14.5. The molecular formula is C19H26N4O2. The lowest BCUT2D eigenvalue weighted by molar-refractivity contribution is 0.0926. The van der Waals surface area contributed by atoms with Gasteiger partial charge >= 0.3 is 0 Å². The van der Waals surface area contributed by atoms with Crippen molar-refractivity contribution in [3.8, 4) is 11.5 Å². The van der Waals surface area contributed by atoms with Crippen LogP contribution in [-0.2, 0) is 6.54 Å². The number of aliphatic hydroxyl groups is 1. The monoisotopic (exact) mass is 342 g/mol. The van der Waals surface area contributed by atoms with Crippen LogP contribution in [0.3, 0.4) is 0 Å². The SMILES string of the molecule is O[C@@H]1CN(Cc2nnc(-c3ccccc3)o2)CCN(C2CCCC2)C1. The summed E-state index contributed by atoms with van der Waals surface area (Å²) in [6.45, 7) is 3.96. The fourth-order valence-electron chi connectivity index (χ4n) is 4.03. The van der Waals surface area contributed by atoms with Gasteiger partial charge in [-0.25, -0.2) is 0 Å². The van der Waals surface area contributed by atoms with Crippen LogP contribution in [-0.4, -0.2) is 63.4 Å². The van der Waals surface area contributed by atoms with E-state index in [4.69, 9.17) is 4.42 Å². The molecule has 1 atom stereocenters. The van der Waals surface area contributed by atoms with Crippen LogP contribution in [0.5, 0.6) is 0 Å². The minimum absolute atomic E-state index is 0.320. The average molecular weight is 342 g/mol. The molecule has 0 bridgehead atoms. The van der Waals surface area contributed by atoms with Crippen molar-refractivity contribution in [1.29, 1.82) is 0 Å². The van der Waals surface area contributed by atoms with Crippen LogP contribution in [0, 0.1) is 0 Å². The van der Waals surface area contributed by atoms with Gasteiger partial charge in [0.05, 0.1) is 12.6 Å². The van der Waals surface area contributed by atoms with Crippen molar-refractivity contribution in [2.24, 2.45) is 0 Å². The van der Waals surface area contributed by atoms with E-state index in [1.165, 1.54) is 25.7 Å². The van der Waals surface area contributed by atoms with Crippen LogP contribution in [0.25, 0.3) is 11.5 Å². The molecule has 1 aliphatic carbocycles. The predicted molar refractivity (Wildman–Crippen MR) is 94.8 cm³/mol. The lowest BCUT2D eigenvalue weighted by atomic mass is 10.2. The number of hydrogen-bond acceptors (Lipinski definition) is 6. The molecule has 6 nitrogen and oxygen atoms in total. The molecule has 0 spiro atoms. The van der Waals surface area contributed by atoms with Gasteiger partial charge in [0.2, 0.25) is 11.8 Å². The smallest absolute Gasteiger partial charge is 0.247 e. The maximum atomic E-state index is 10.4. The van der Waals surface area contributed by atoms with Gasteiger partial charge < -0.3 is 9.52 Å². The van der Waals surface area contributed by atoms with Crippen molar-refractivity contribution in [3.63, 3.8) is 0 Å². The van der Waals surface area contributed by atoms with Gasteiger partial charge in [0, 0.05) is 37.8 Å². The second kappa shape index (κ2) is 7.64. The van der Waals surface area contributed by atoms with E-state index in [2.05, 4.69) is 20.0 Å². The molecule has 1 saturated heterocycles. The summed E-state index contributed by atoms with van der Waals surface area (Å²) in [4.78, 5) is 4.70. The lowest BCUT2D eigenvalue weighted by Crippen LogP contribution is -2.39. The Morgan fingerprint density at radius 1 is 1.04 bits per heavy atom. The topological polar surface area (TPSA) is 65.6 Å². The summed E-state index contributed by atoms with van der Waals surface area (Å²) >= 11 is 0. The van der Waals surface area contributed by atoms with E-state index in [1.807, 2.05) is 30.3 Å². The van der Waals surface area contributed by atoms with E-state index in [0.29, 0.717) is 30.9 Å². The first-order chi connectivity index (χ1) is 12.3. The highest BCUT2D eigenvalue weighted by Gasteiger charge is 2.28. The molecular weight excluding hydrogens is 316 g/mol. The number of nitrogens with zero attached hydrogens (tertiary/aromatic N) is 4. The van der Waals surface area contributed by atoms with E-state index in [0.717, 1.165) is 25.2 Å². The van der Waals surface area contributed by atoms with Crippen molar-refractivity contribution in [1.82, 2.24) is 20.0 Å². The Morgan fingerprint density at radius 2 is 1.84 bits per heavy atom. The number of benzene rings is 1. The van der Waals surface area contributed by atoms with Gasteiger partial charge in [-0.1, -0.05) is 31.0 Å². The third-order valence-corrected chi connectivity index (χ3v) is 5.31. The zero-order chi connectivity index (χ0) is 17.1. The van der Waals surface area contributed by atoms with Crippen LogP contribution in [0.15, 0.2) is 34.7 Å². The maximum Gasteiger partial charge on any atom is 0.247 e. The van der Waals surface area contributed by atoms with Crippen LogP contribution in [0.1, 0.15) is 31.6 Å². The Hall–Kier alpha value is -1.76. The molecule has 2 aliphatic rings. The molecule has 4 rings (SSSR count).